The molecule has 0 aliphatic carbocycles. The van der Waals surface area contributed by atoms with E-state index in [0.717, 1.165) is 9.99 Å². The lowest BCUT2D eigenvalue weighted by molar-refractivity contribution is -0.384. The van der Waals surface area contributed by atoms with Crippen LogP contribution in [0.1, 0.15) is 0 Å². The fourth-order valence-corrected chi connectivity index (χ4v) is 2.20. The summed E-state index contributed by atoms with van der Waals surface area (Å²) in [5, 5.41) is 10.8. The van der Waals surface area contributed by atoms with Gasteiger partial charge in [-0.3, -0.25) is 10.1 Å². The molecule has 0 bridgehead atoms. The van der Waals surface area contributed by atoms with Gasteiger partial charge in [-0.15, -0.1) is 0 Å². The molecule has 0 amide bonds. The number of aromatic amines is 1. The summed E-state index contributed by atoms with van der Waals surface area (Å²) in [7, 11) is 0. The number of anilines is 1. The number of rotatable bonds is 2. The lowest BCUT2D eigenvalue weighted by Gasteiger charge is -2.01. The van der Waals surface area contributed by atoms with Gasteiger partial charge in [0.2, 0.25) is 0 Å². The molecule has 3 N–H and O–H groups in total. The minimum atomic E-state index is -0.472. The molecule has 0 radical (unpaired) electrons. The zero-order valence-electron chi connectivity index (χ0n) is 10.0. The van der Waals surface area contributed by atoms with Crippen molar-refractivity contribution >= 4 is 38.5 Å². The number of nitrogens with zero attached hydrogens (tertiary/aromatic N) is 3. The fourth-order valence-electron chi connectivity index (χ4n) is 1.87. The molecule has 100 valence electrons. The van der Waals surface area contributed by atoms with Gasteiger partial charge in [0.1, 0.15) is 5.82 Å². The minimum absolute atomic E-state index is 0.0382. The lowest BCUT2D eigenvalue weighted by atomic mass is 10.1. The van der Waals surface area contributed by atoms with Gasteiger partial charge < -0.3 is 10.7 Å². The first-order valence-corrected chi connectivity index (χ1v) is 6.39. The van der Waals surface area contributed by atoms with E-state index < -0.39 is 4.92 Å². The number of fused-ring (bicyclic) bond motifs is 1. The maximum absolute atomic E-state index is 10.8. The number of nitrogen functional groups attached to an aromatic ring is 1. The van der Waals surface area contributed by atoms with E-state index in [1.54, 1.807) is 6.20 Å². The van der Waals surface area contributed by atoms with E-state index in [-0.39, 0.29) is 5.69 Å². The number of pyridine rings is 1. The number of halogens is 1. The number of H-pyrrole nitrogens is 1. The summed E-state index contributed by atoms with van der Waals surface area (Å²) in [6.07, 6.45) is 1.63. The number of hydrogen-bond acceptors (Lipinski definition) is 5. The molecule has 3 aromatic rings. The van der Waals surface area contributed by atoms with Crippen LogP contribution in [-0.4, -0.2) is 19.9 Å². The van der Waals surface area contributed by atoms with Gasteiger partial charge >= 0.3 is 0 Å². The van der Waals surface area contributed by atoms with Crippen LogP contribution >= 0.6 is 15.9 Å². The molecule has 20 heavy (non-hydrogen) atoms. The highest BCUT2D eigenvalue weighted by molar-refractivity contribution is 9.10. The summed E-state index contributed by atoms with van der Waals surface area (Å²) in [6.45, 7) is 0. The van der Waals surface area contributed by atoms with Gasteiger partial charge in [-0.2, -0.15) is 0 Å². The van der Waals surface area contributed by atoms with Crippen molar-refractivity contribution in [2.75, 3.05) is 5.73 Å². The molecule has 0 aliphatic heterocycles. The van der Waals surface area contributed by atoms with Crippen LogP contribution in [0.5, 0.6) is 0 Å². The first kappa shape index (κ1) is 12.5. The third-order valence-corrected chi connectivity index (χ3v) is 3.24. The molecule has 1 aromatic carbocycles. The van der Waals surface area contributed by atoms with Crippen LogP contribution in [0.4, 0.5) is 11.4 Å². The maximum Gasteiger partial charge on any atom is 0.270 e. The molecule has 8 heteroatoms. The normalized spacial score (nSPS) is 10.8. The zero-order chi connectivity index (χ0) is 14.3. The molecule has 0 atom stereocenters. The quantitative estimate of drug-likeness (QED) is 0.425. The summed E-state index contributed by atoms with van der Waals surface area (Å²) < 4.78 is 0.812. The molecule has 2 aromatic heterocycles. The second-order valence-electron chi connectivity index (χ2n) is 4.14. The van der Waals surface area contributed by atoms with Crippen molar-refractivity contribution in [1.29, 1.82) is 0 Å². The van der Waals surface area contributed by atoms with E-state index in [9.17, 15) is 10.1 Å². The molecular weight excluding hydrogens is 326 g/mol. The van der Waals surface area contributed by atoms with Gasteiger partial charge in [-0.25, -0.2) is 9.97 Å². The molecule has 0 unspecified atom stereocenters. The smallest absolute Gasteiger partial charge is 0.270 e. The van der Waals surface area contributed by atoms with Crippen LogP contribution in [0.15, 0.2) is 34.9 Å². The fraction of sp³-hybridized carbons (Fsp3) is 0. The Morgan fingerprint density at radius 3 is 2.90 bits per heavy atom. The number of aromatic nitrogens is 3. The largest absolute Gasteiger partial charge is 0.398 e. The predicted molar refractivity (Wildman–Crippen MR) is 78.1 cm³/mol. The Morgan fingerprint density at radius 1 is 1.35 bits per heavy atom. The molecular formula is C12H8BrN5O2. The Labute approximate surface area is 121 Å². The number of hydrogen-bond donors (Lipinski definition) is 2. The van der Waals surface area contributed by atoms with Crippen LogP contribution in [0.25, 0.3) is 22.6 Å². The van der Waals surface area contributed by atoms with Crippen LogP contribution in [0, 0.1) is 10.1 Å². The Kier molecular flexibility index (Phi) is 2.87. The van der Waals surface area contributed by atoms with Gasteiger partial charge in [0.25, 0.3) is 5.69 Å². The van der Waals surface area contributed by atoms with E-state index in [1.165, 1.54) is 18.2 Å². The molecule has 0 spiro atoms. The first-order chi connectivity index (χ1) is 9.54. The number of benzene rings is 1. The van der Waals surface area contributed by atoms with Gasteiger partial charge in [0, 0.05) is 34.1 Å². The highest BCUT2D eigenvalue weighted by Gasteiger charge is 2.14. The van der Waals surface area contributed by atoms with Crippen molar-refractivity contribution in [2.45, 2.75) is 0 Å². The highest BCUT2D eigenvalue weighted by Crippen LogP contribution is 2.29. The average molecular weight is 334 g/mol. The molecule has 0 saturated heterocycles. The highest BCUT2D eigenvalue weighted by atomic mass is 79.9. The minimum Gasteiger partial charge on any atom is -0.398 e. The lowest BCUT2D eigenvalue weighted by Crippen LogP contribution is -1.94. The van der Waals surface area contributed by atoms with Crippen molar-refractivity contribution in [2.24, 2.45) is 0 Å². The third-order valence-electron chi connectivity index (χ3n) is 2.81. The standard InChI is InChI=1S/C12H8BrN5O2/c13-6-3-10-12(15-5-6)17-11(16-10)8-4-7(18(19)20)1-2-9(8)14/h1-5H,14H2,(H,15,16,17). The summed E-state index contributed by atoms with van der Waals surface area (Å²) >= 11 is 3.32. The SMILES string of the molecule is Nc1ccc([N+](=O)[O-])cc1-c1nc2ncc(Br)cc2[nH]1. The van der Waals surface area contributed by atoms with Crippen LogP contribution < -0.4 is 5.73 Å². The van der Waals surface area contributed by atoms with Gasteiger partial charge in [0.15, 0.2) is 5.65 Å². The van der Waals surface area contributed by atoms with E-state index >= 15 is 0 Å². The van der Waals surface area contributed by atoms with Crippen LogP contribution in [0.2, 0.25) is 0 Å². The molecule has 3 rings (SSSR count). The van der Waals surface area contributed by atoms with Crippen molar-refractivity contribution in [3.63, 3.8) is 0 Å². The summed E-state index contributed by atoms with van der Waals surface area (Å²) in [4.78, 5) is 21.9. The monoisotopic (exact) mass is 333 g/mol. The Morgan fingerprint density at radius 2 is 2.15 bits per heavy atom. The average Bonchev–Trinajstić information content (AvgIpc) is 2.81. The molecule has 0 fully saturated rings. The summed E-state index contributed by atoms with van der Waals surface area (Å²) in [6, 6.07) is 6.06. The number of imidazole rings is 1. The molecule has 0 saturated carbocycles. The van der Waals surface area contributed by atoms with Crippen LogP contribution in [0.3, 0.4) is 0 Å². The van der Waals surface area contributed by atoms with E-state index in [4.69, 9.17) is 5.73 Å². The molecule has 7 nitrogen and oxygen atoms in total. The van der Waals surface area contributed by atoms with Crippen molar-refractivity contribution in [3.05, 3.63) is 45.0 Å². The van der Waals surface area contributed by atoms with E-state index in [0.29, 0.717) is 22.7 Å². The number of nitrogens with two attached hydrogens (primary N) is 1. The van der Waals surface area contributed by atoms with Gasteiger partial charge in [-0.05, 0) is 28.1 Å². The number of nitro groups is 1. The van der Waals surface area contributed by atoms with Crippen LogP contribution in [-0.2, 0) is 0 Å². The Balaban J connectivity index is 2.19. The van der Waals surface area contributed by atoms with E-state index in [2.05, 4.69) is 30.9 Å². The predicted octanol–water partition coefficient (Wildman–Crippen LogP) is 2.88. The zero-order valence-corrected chi connectivity index (χ0v) is 11.6. The summed E-state index contributed by atoms with van der Waals surface area (Å²) in [5.74, 6) is 0.451. The third kappa shape index (κ3) is 2.10. The van der Waals surface area contributed by atoms with Crippen molar-refractivity contribution in [3.8, 4) is 11.4 Å². The Bertz CT molecular complexity index is 830. The topological polar surface area (TPSA) is 111 Å². The van der Waals surface area contributed by atoms with Gasteiger partial charge in [-0.1, -0.05) is 0 Å². The molecule has 2 heterocycles. The second-order valence-corrected chi connectivity index (χ2v) is 5.05. The second kappa shape index (κ2) is 4.57. The first-order valence-electron chi connectivity index (χ1n) is 5.60. The molecule has 0 aliphatic rings. The van der Waals surface area contributed by atoms with Crippen molar-refractivity contribution in [1.82, 2.24) is 15.0 Å². The number of nitro benzene ring substituents is 1. The Hall–Kier alpha value is -2.48. The number of nitrogens with one attached hydrogen (secondary N) is 1. The van der Waals surface area contributed by atoms with Gasteiger partial charge in [0.05, 0.1) is 10.4 Å². The van der Waals surface area contributed by atoms with Crippen molar-refractivity contribution < 1.29 is 4.92 Å². The number of non-ortho nitro benzene ring substituents is 1. The summed E-state index contributed by atoms with van der Waals surface area (Å²) in [5.41, 5.74) is 7.96. The maximum atomic E-state index is 10.8. The van der Waals surface area contributed by atoms with E-state index in [1.807, 2.05) is 6.07 Å².